The first kappa shape index (κ1) is 9.48. The lowest BCUT2D eigenvalue weighted by molar-refractivity contribution is -0.173. The molecule has 5 nitrogen and oxygen atoms in total. The maximum Gasteiger partial charge on any atom is 0.440 e. The summed E-state index contributed by atoms with van der Waals surface area (Å²) in [4.78, 5) is 24.9. The van der Waals surface area contributed by atoms with Crippen molar-refractivity contribution in [1.82, 2.24) is 5.06 Å². The maximum atomic E-state index is 10.4. The fourth-order valence-corrected chi connectivity index (χ4v) is 0.385. The fraction of sp³-hybridized carbons (Fsp3) is 0.333. The molecule has 0 heterocycles. The molecule has 0 rings (SSSR count). The van der Waals surface area contributed by atoms with Gasteiger partial charge in [-0.1, -0.05) is 6.58 Å². The Morgan fingerprint density at radius 1 is 1.73 bits per heavy atom. The summed E-state index contributed by atoms with van der Waals surface area (Å²) in [7, 11) is 0. The highest BCUT2D eigenvalue weighted by molar-refractivity contribution is 5.82. The number of carboxylic acid groups (broad SMARTS) is 1. The van der Waals surface area contributed by atoms with Crippen LogP contribution in [0.1, 0.15) is 6.92 Å². The number of hydrogen-bond acceptors (Lipinski definition) is 3. The van der Waals surface area contributed by atoms with E-state index in [9.17, 15) is 9.59 Å². The standard InChI is InChI=1S/C6H9NO4/c1-3-5(8)11-7(4-2)6(9)10/h3H,1,4H2,2H3,(H,9,10). The largest absolute Gasteiger partial charge is 0.463 e. The van der Waals surface area contributed by atoms with E-state index in [1.165, 1.54) is 0 Å². The van der Waals surface area contributed by atoms with Gasteiger partial charge in [0.2, 0.25) is 0 Å². The molecule has 0 saturated heterocycles. The zero-order valence-electron chi connectivity index (χ0n) is 6.11. The molecule has 0 aromatic rings. The van der Waals surface area contributed by atoms with Crippen LogP contribution in [0.25, 0.3) is 0 Å². The lowest BCUT2D eigenvalue weighted by Gasteiger charge is -2.13. The number of carbonyl (C=O) groups excluding carboxylic acids is 1. The molecule has 1 N–H and O–H groups in total. The van der Waals surface area contributed by atoms with Crippen LogP contribution in [0, 0.1) is 0 Å². The zero-order chi connectivity index (χ0) is 8.85. The van der Waals surface area contributed by atoms with Crippen molar-refractivity contribution in [3.63, 3.8) is 0 Å². The SMILES string of the molecule is C=CC(=O)ON(CC)C(=O)O. The summed E-state index contributed by atoms with van der Waals surface area (Å²) in [6.07, 6.45) is -0.409. The van der Waals surface area contributed by atoms with Crippen molar-refractivity contribution in [2.24, 2.45) is 0 Å². The summed E-state index contributed by atoms with van der Waals surface area (Å²) in [6.45, 7) is 4.75. The summed E-state index contributed by atoms with van der Waals surface area (Å²) < 4.78 is 0. The van der Waals surface area contributed by atoms with E-state index in [1.807, 2.05) is 0 Å². The monoisotopic (exact) mass is 159 g/mol. The molecule has 0 aromatic carbocycles. The first-order valence-electron chi connectivity index (χ1n) is 2.96. The average Bonchev–Trinajstić information content (AvgIpc) is 1.99. The number of carbonyl (C=O) groups is 2. The number of amides is 1. The van der Waals surface area contributed by atoms with Crippen LogP contribution in [-0.2, 0) is 9.63 Å². The number of hydrogen-bond donors (Lipinski definition) is 1. The van der Waals surface area contributed by atoms with Crippen LogP contribution in [0.2, 0.25) is 0 Å². The van der Waals surface area contributed by atoms with Crippen LogP contribution < -0.4 is 0 Å². The van der Waals surface area contributed by atoms with Gasteiger partial charge in [0.1, 0.15) is 0 Å². The van der Waals surface area contributed by atoms with E-state index in [0.717, 1.165) is 6.08 Å². The Morgan fingerprint density at radius 2 is 2.27 bits per heavy atom. The van der Waals surface area contributed by atoms with Gasteiger partial charge in [-0.25, -0.2) is 9.59 Å². The van der Waals surface area contributed by atoms with Crippen LogP contribution >= 0.6 is 0 Å². The summed E-state index contributed by atoms with van der Waals surface area (Å²) in [5.74, 6) is -0.783. The molecule has 0 atom stereocenters. The van der Waals surface area contributed by atoms with Crippen molar-refractivity contribution in [3.8, 4) is 0 Å². The molecular weight excluding hydrogens is 150 g/mol. The Morgan fingerprint density at radius 3 is 2.55 bits per heavy atom. The molecule has 1 amide bonds. The topological polar surface area (TPSA) is 66.8 Å². The summed E-state index contributed by atoms with van der Waals surface area (Å²) in [6, 6.07) is 0. The first-order valence-corrected chi connectivity index (χ1v) is 2.96. The number of nitrogens with zero attached hydrogens (tertiary/aromatic N) is 1. The Labute approximate surface area is 63.8 Å². The highest BCUT2D eigenvalue weighted by Gasteiger charge is 2.12. The molecule has 0 aliphatic heterocycles. The minimum Gasteiger partial charge on any atom is -0.463 e. The second-order valence-corrected chi connectivity index (χ2v) is 1.59. The average molecular weight is 159 g/mol. The van der Waals surface area contributed by atoms with E-state index in [2.05, 4.69) is 11.4 Å². The maximum absolute atomic E-state index is 10.4. The molecule has 0 bridgehead atoms. The Balaban J connectivity index is 3.97. The molecule has 0 radical (unpaired) electrons. The summed E-state index contributed by atoms with van der Waals surface area (Å²) in [5.41, 5.74) is 0. The van der Waals surface area contributed by atoms with Crippen molar-refractivity contribution < 1.29 is 19.5 Å². The number of rotatable bonds is 2. The van der Waals surface area contributed by atoms with E-state index in [4.69, 9.17) is 5.11 Å². The predicted molar refractivity (Wildman–Crippen MR) is 36.7 cm³/mol. The smallest absolute Gasteiger partial charge is 0.440 e. The van der Waals surface area contributed by atoms with Gasteiger partial charge in [0.25, 0.3) is 0 Å². The predicted octanol–water partition coefficient (Wildman–Crippen LogP) is 0.631. The number of hydroxylamine groups is 2. The van der Waals surface area contributed by atoms with Crippen molar-refractivity contribution in [3.05, 3.63) is 12.7 Å². The summed E-state index contributed by atoms with van der Waals surface area (Å²) in [5, 5.41) is 8.85. The van der Waals surface area contributed by atoms with Gasteiger partial charge in [-0.3, -0.25) is 0 Å². The van der Waals surface area contributed by atoms with Gasteiger partial charge in [0, 0.05) is 6.08 Å². The second kappa shape index (κ2) is 4.32. The van der Waals surface area contributed by atoms with Crippen LogP contribution in [0.5, 0.6) is 0 Å². The molecule has 0 fully saturated rings. The highest BCUT2D eigenvalue weighted by Crippen LogP contribution is 1.91. The van der Waals surface area contributed by atoms with Gasteiger partial charge < -0.3 is 9.94 Å². The molecule has 0 aromatic heterocycles. The third-order valence-corrected chi connectivity index (χ3v) is 0.867. The first-order chi connectivity index (χ1) is 5.11. The minimum absolute atomic E-state index is 0.0922. The van der Waals surface area contributed by atoms with Crippen molar-refractivity contribution >= 4 is 12.1 Å². The minimum atomic E-state index is -1.30. The zero-order valence-corrected chi connectivity index (χ0v) is 6.11. The molecular formula is C6H9NO4. The Kier molecular flexibility index (Phi) is 3.72. The third-order valence-electron chi connectivity index (χ3n) is 0.867. The molecule has 11 heavy (non-hydrogen) atoms. The quantitative estimate of drug-likeness (QED) is 0.474. The molecule has 0 aliphatic carbocycles. The van der Waals surface area contributed by atoms with Crippen molar-refractivity contribution in [1.29, 1.82) is 0 Å². The molecule has 0 aliphatic rings. The van der Waals surface area contributed by atoms with Crippen LogP contribution in [0.4, 0.5) is 4.79 Å². The summed E-state index contributed by atoms with van der Waals surface area (Å²) >= 11 is 0. The van der Waals surface area contributed by atoms with Crippen molar-refractivity contribution in [2.45, 2.75) is 6.92 Å². The van der Waals surface area contributed by atoms with Gasteiger partial charge in [0.15, 0.2) is 0 Å². The molecule has 62 valence electrons. The van der Waals surface area contributed by atoms with Gasteiger partial charge in [0.05, 0.1) is 6.54 Å². The van der Waals surface area contributed by atoms with E-state index < -0.39 is 12.1 Å². The molecule has 0 unspecified atom stereocenters. The third kappa shape index (κ3) is 3.24. The molecule has 0 saturated carbocycles. The Hall–Kier alpha value is -1.52. The van der Waals surface area contributed by atoms with Crippen LogP contribution in [0.3, 0.4) is 0 Å². The lowest BCUT2D eigenvalue weighted by Crippen LogP contribution is -2.31. The lowest BCUT2D eigenvalue weighted by atomic mass is 10.7. The van der Waals surface area contributed by atoms with Gasteiger partial charge in [-0.15, -0.1) is 5.06 Å². The second-order valence-electron chi connectivity index (χ2n) is 1.59. The fourth-order valence-electron chi connectivity index (χ4n) is 0.385. The van der Waals surface area contributed by atoms with Gasteiger partial charge in [-0.05, 0) is 6.92 Å². The van der Waals surface area contributed by atoms with Gasteiger partial charge >= 0.3 is 12.1 Å². The van der Waals surface area contributed by atoms with E-state index in [1.54, 1.807) is 6.92 Å². The van der Waals surface area contributed by atoms with Crippen LogP contribution in [-0.4, -0.2) is 28.8 Å². The van der Waals surface area contributed by atoms with Gasteiger partial charge in [-0.2, -0.15) is 0 Å². The van der Waals surface area contributed by atoms with E-state index >= 15 is 0 Å². The van der Waals surface area contributed by atoms with Crippen LogP contribution in [0.15, 0.2) is 12.7 Å². The molecule has 0 spiro atoms. The van der Waals surface area contributed by atoms with E-state index in [0.29, 0.717) is 5.06 Å². The Bertz CT molecular complexity index is 177. The highest BCUT2D eigenvalue weighted by atomic mass is 16.7. The normalized spacial score (nSPS) is 8.45. The van der Waals surface area contributed by atoms with Crippen molar-refractivity contribution in [2.75, 3.05) is 6.54 Å². The molecule has 5 heteroatoms. The van der Waals surface area contributed by atoms with E-state index in [-0.39, 0.29) is 6.54 Å².